The average Bonchev–Trinajstić information content (AvgIpc) is 3.42. The summed E-state index contributed by atoms with van der Waals surface area (Å²) in [5.41, 5.74) is 2.55. The van der Waals surface area contributed by atoms with Crippen molar-refractivity contribution in [2.24, 2.45) is 17.8 Å². The summed E-state index contributed by atoms with van der Waals surface area (Å²) in [6, 6.07) is 21.4. The molecule has 6 atom stereocenters. The lowest BCUT2D eigenvalue weighted by Gasteiger charge is -2.44. The number of benzene rings is 2. The van der Waals surface area contributed by atoms with Gasteiger partial charge in [0.1, 0.15) is 12.1 Å². The third-order valence-corrected chi connectivity index (χ3v) is 8.50. The van der Waals surface area contributed by atoms with E-state index in [4.69, 9.17) is 4.74 Å². The summed E-state index contributed by atoms with van der Waals surface area (Å²) in [5, 5.41) is 0. The smallest absolute Gasteiger partial charge is 0.324 e. The highest BCUT2D eigenvalue weighted by atomic mass is 16.5. The van der Waals surface area contributed by atoms with Gasteiger partial charge in [0.25, 0.3) is 0 Å². The molecule has 0 unspecified atom stereocenters. The molecular formula is C30H37NO2. The van der Waals surface area contributed by atoms with E-state index in [2.05, 4.69) is 92.4 Å². The number of rotatable bonds is 6. The van der Waals surface area contributed by atoms with Crippen LogP contribution in [0.5, 0.6) is 0 Å². The Morgan fingerprint density at radius 1 is 0.970 bits per heavy atom. The molecule has 33 heavy (non-hydrogen) atoms. The van der Waals surface area contributed by atoms with Crippen molar-refractivity contribution in [2.75, 3.05) is 0 Å². The second-order valence-electron chi connectivity index (χ2n) is 11.0. The van der Waals surface area contributed by atoms with Crippen LogP contribution in [-0.4, -0.2) is 29.1 Å². The molecule has 1 heterocycles. The number of likely N-dealkylation sites (tertiary alicyclic amines) is 1. The van der Waals surface area contributed by atoms with Gasteiger partial charge in [-0.15, -0.1) is 0 Å². The highest BCUT2D eigenvalue weighted by Crippen LogP contribution is 2.45. The molecule has 0 spiro atoms. The number of hydrogen-bond donors (Lipinski definition) is 0. The van der Waals surface area contributed by atoms with Crippen LogP contribution in [0.2, 0.25) is 0 Å². The molecule has 0 N–H and O–H groups in total. The molecule has 2 fully saturated rings. The predicted molar refractivity (Wildman–Crippen MR) is 133 cm³/mol. The van der Waals surface area contributed by atoms with Crippen LogP contribution < -0.4 is 0 Å². The summed E-state index contributed by atoms with van der Waals surface area (Å²) in [7, 11) is 0. The maximum atomic E-state index is 13.7. The van der Waals surface area contributed by atoms with E-state index in [0.717, 1.165) is 25.8 Å². The number of carbonyl (C=O) groups excluding carboxylic acids is 1. The standard InChI is InChI=1S/C30H37NO2/c1-21-14-17-26(30(2,3)24-12-8-5-9-13-24)27(18-21)33-29(32)28-23-15-16-25(19-23)31(28)20-22-10-6-4-7-11-22/h4-13,15-16,21,23,25-28H,14,17-20H2,1-3H3/t21-,23+,25-,26+,27-,28+/m1/s1. The van der Waals surface area contributed by atoms with Crippen molar-refractivity contribution in [1.82, 2.24) is 4.90 Å². The first kappa shape index (κ1) is 22.4. The van der Waals surface area contributed by atoms with Crippen LogP contribution in [0.15, 0.2) is 72.8 Å². The summed E-state index contributed by atoms with van der Waals surface area (Å²) in [6.45, 7) is 7.75. The largest absolute Gasteiger partial charge is 0.461 e. The van der Waals surface area contributed by atoms with E-state index < -0.39 is 0 Å². The van der Waals surface area contributed by atoms with Gasteiger partial charge in [0.15, 0.2) is 0 Å². The molecule has 3 heteroatoms. The molecule has 2 aromatic carbocycles. The van der Waals surface area contributed by atoms with E-state index in [1.807, 2.05) is 6.07 Å². The average molecular weight is 444 g/mol. The molecule has 1 aliphatic heterocycles. The molecule has 3 aliphatic rings. The maximum Gasteiger partial charge on any atom is 0.324 e. The van der Waals surface area contributed by atoms with Crippen molar-refractivity contribution < 1.29 is 9.53 Å². The molecule has 2 bridgehead atoms. The molecule has 2 aromatic rings. The van der Waals surface area contributed by atoms with Gasteiger partial charge in [-0.3, -0.25) is 9.69 Å². The van der Waals surface area contributed by atoms with Crippen molar-refractivity contribution in [3.05, 3.63) is 83.9 Å². The van der Waals surface area contributed by atoms with Crippen LogP contribution >= 0.6 is 0 Å². The van der Waals surface area contributed by atoms with Crippen LogP contribution in [0.3, 0.4) is 0 Å². The quantitative estimate of drug-likeness (QED) is 0.397. The predicted octanol–water partition coefficient (Wildman–Crippen LogP) is 6.14. The van der Waals surface area contributed by atoms with Crippen LogP contribution in [0.1, 0.15) is 57.6 Å². The third-order valence-electron chi connectivity index (χ3n) is 8.50. The number of nitrogens with zero attached hydrogens (tertiary/aromatic N) is 1. The van der Waals surface area contributed by atoms with Gasteiger partial charge < -0.3 is 4.74 Å². The number of fused-ring (bicyclic) bond motifs is 2. The maximum absolute atomic E-state index is 13.7. The summed E-state index contributed by atoms with van der Waals surface area (Å²) < 4.78 is 6.47. The fourth-order valence-electron chi connectivity index (χ4n) is 6.54. The van der Waals surface area contributed by atoms with Gasteiger partial charge in [-0.1, -0.05) is 100 Å². The van der Waals surface area contributed by atoms with E-state index in [1.54, 1.807) is 0 Å². The van der Waals surface area contributed by atoms with Crippen LogP contribution in [0, 0.1) is 17.8 Å². The normalized spacial score (nSPS) is 31.6. The van der Waals surface area contributed by atoms with E-state index in [9.17, 15) is 4.79 Å². The highest BCUT2D eigenvalue weighted by Gasteiger charge is 2.49. The fraction of sp³-hybridized carbons (Fsp3) is 0.500. The minimum absolute atomic E-state index is 0.0178. The lowest BCUT2D eigenvalue weighted by atomic mass is 9.64. The zero-order valence-corrected chi connectivity index (χ0v) is 20.2. The Labute approximate surface area is 198 Å². The Hall–Kier alpha value is -2.39. The molecule has 3 nitrogen and oxygen atoms in total. The Balaban J connectivity index is 1.36. The topological polar surface area (TPSA) is 29.5 Å². The van der Waals surface area contributed by atoms with E-state index in [0.29, 0.717) is 17.9 Å². The summed E-state index contributed by atoms with van der Waals surface area (Å²) >= 11 is 0. The first-order valence-electron chi connectivity index (χ1n) is 12.7. The van der Waals surface area contributed by atoms with Gasteiger partial charge in [-0.05, 0) is 41.7 Å². The Kier molecular flexibility index (Phi) is 6.18. The molecular weight excluding hydrogens is 406 g/mol. The molecule has 5 rings (SSSR count). The zero-order valence-electron chi connectivity index (χ0n) is 20.2. The first-order valence-corrected chi connectivity index (χ1v) is 12.7. The van der Waals surface area contributed by atoms with E-state index in [1.165, 1.54) is 17.5 Å². The third kappa shape index (κ3) is 4.40. The van der Waals surface area contributed by atoms with E-state index in [-0.39, 0.29) is 29.4 Å². The highest BCUT2D eigenvalue weighted by molar-refractivity contribution is 5.78. The second-order valence-corrected chi connectivity index (χ2v) is 11.0. The molecule has 0 aromatic heterocycles. The first-order chi connectivity index (χ1) is 15.9. The van der Waals surface area contributed by atoms with Gasteiger partial charge in [-0.2, -0.15) is 0 Å². The molecule has 0 amide bonds. The van der Waals surface area contributed by atoms with E-state index >= 15 is 0 Å². The zero-order chi connectivity index (χ0) is 23.0. The Bertz CT molecular complexity index is 983. The molecule has 1 saturated carbocycles. The van der Waals surface area contributed by atoms with Crippen molar-refractivity contribution >= 4 is 5.97 Å². The van der Waals surface area contributed by atoms with Gasteiger partial charge >= 0.3 is 5.97 Å². The number of ether oxygens (including phenoxy) is 1. The number of carbonyl (C=O) groups is 1. The van der Waals surface area contributed by atoms with Crippen LogP contribution in [-0.2, 0) is 21.5 Å². The summed E-state index contributed by atoms with van der Waals surface area (Å²) in [4.78, 5) is 16.1. The van der Waals surface area contributed by atoms with Crippen molar-refractivity contribution in [1.29, 1.82) is 0 Å². The number of esters is 1. The minimum Gasteiger partial charge on any atom is -0.461 e. The van der Waals surface area contributed by atoms with Crippen molar-refractivity contribution in [3.8, 4) is 0 Å². The molecule has 1 saturated heterocycles. The van der Waals surface area contributed by atoms with Gasteiger partial charge in [0.2, 0.25) is 0 Å². The van der Waals surface area contributed by atoms with Crippen LogP contribution in [0.25, 0.3) is 0 Å². The van der Waals surface area contributed by atoms with Gasteiger partial charge in [0.05, 0.1) is 0 Å². The van der Waals surface area contributed by atoms with Crippen molar-refractivity contribution in [2.45, 2.75) is 76.6 Å². The number of hydrogen-bond acceptors (Lipinski definition) is 3. The Morgan fingerprint density at radius 3 is 2.39 bits per heavy atom. The van der Waals surface area contributed by atoms with Gasteiger partial charge in [-0.25, -0.2) is 0 Å². The molecule has 0 radical (unpaired) electrons. The minimum atomic E-state index is -0.169. The summed E-state index contributed by atoms with van der Waals surface area (Å²) in [6.07, 6.45) is 8.79. The molecule has 2 aliphatic carbocycles. The fourth-order valence-corrected chi connectivity index (χ4v) is 6.54. The Morgan fingerprint density at radius 2 is 1.67 bits per heavy atom. The van der Waals surface area contributed by atoms with Crippen molar-refractivity contribution in [3.63, 3.8) is 0 Å². The van der Waals surface area contributed by atoms with Crippen LogP contribution in [0.4, 0.5) is 0 Å². The molecule has 174 valence electrons. The lowest BCUT2D eigenvalue weighted by Crippen LogP contribution is -2.49. The summed E-state index contributed by atoms with van der Waals surface area (Å²) in [5.74, 6) is 1.17. The monoisotopic (exact) mass is 443 g/mol. The SMILES string of the molecule is C[C@@H]1CC[C@H](C(C)(C)c2ccccc2)[C@H](OC(=O)[C@@H]2[C@H]3C=C[C@H](C3)N2Cc2ccccc2)C1. The van der Waals surface area contributed by atoms with Gasteiger partial charge in [0, 0.05) is 24.4 Å². The second kappa shape index (κ2) is 9.10. The lowest BCUT2D eigenvalue weighted by molar-refractivity contribution is -0.163.